The summed E-state index contributed by atoms with van der Waals surface area (Å²) in [5, 5.41) is 11.1. The predicted molar refractivity (Wildman–Crippen MR) is 77.1 cm³/mol. The van der Waals surface area contributed by atoms with Gasteiger partial charge in [0.05, 0.1) is 19.6 Å². The van der Waals surface area contributed by atoms with Crippen LogP contribution >= 0.6 is 11.3 Å². The number of hydrogen-bond acceptors (Lipinski definition) is 6. The first-order chi connectivity index (χ1) is 9.76. The van der Waals surface area contributed by atoms with Crippen molar-refractivity contribution in [3.63, 3.8) is 0 Å². The van der Waals surface area contributed by atoms with Gasteiger partial charge in [0.15, 0.2) is 10.8 Å². The minimum atomic E-state index is -0.458. The lowest BCUT2D eigenvalue weighted by Gasteiger charge is -2.20. The number of benzene rings is 1. The molecule has 0 aliphatic carbocycles. The van der Waals surface area contributed by atoms with E-state index in [4.69, 9.17) is 5.26 Å². The number of nitriles is 1. The largest absolute Gasteiger partial charge is 0.464 e. The number of methoxy groups -OCH3 is 1. The Bertz CT molecular complexity index is 619. The molecule has 0 spiro atoms. The number of thiazole rings is 1. The molecule has 1 heterocycles. The minimum Gasteiger partial charge on any atom is -0.464 e. The molecule has 2 rings (SSSR count). The van der Waals surface area contributed by atoms with Crippen molar-refractivity contribution < 1.29 is 9.53 Å². The Morgan fingerprint density at radius 1 is 1.45 bits per heavy atom. The van der Waals surface area contributed by atoms with Crippen LogP contribution in [-0.4, -0.2) is 24.6 Å². The summed E-state index contributed by atoms with van der Waals surface area (Å²) < 4.78 is 4.65. The van der Waals surface area contributed by atoms with Gasteiger partial charge in [-0.1, -0.05) is 18.2 Å². The van der Waals surface area contributed by atoms with E-state index in [1.54, 1.807) is 5.38 Å². The van der Waals surface area contributed by atoms with E-state index in [1.165, 1.54) is 18.4 Å². The molecular formula is C14H13N3O2S. The van der Waals surface area contributed by atoms with Gasteiger partial charge < -0.3 is 9.64 Å². The van der Waals surface area contributed by atoms with Crippen LogP contribution in [0.4, 0.5) is 10.8 Å². The number of hydrogen-bond donors (Lipinski definition) is 0. The van der Waals surface area contributed by atoms with E-state index in [2.05, 4.69) is 15.8 Å². The average Bonchev–Trinajstić information content (AvgIpc) is 2.98. The Morgan fingerprint density at radius 2 is 2.20 bits per heavy atom. The van der Waals surface area contributed by atoms with E-state index in [1.807, 2.05) is 35.2 Å². The van der Waals surface area contributed by atoms with Gasteiger partial charge >= 0.3 is 5.97 Å². The summed E-state index contributed by atoms with van der Waals surface area (Å²) in [4.78, 5) is 17.6. The summed E-state index contributed by atoms with van der Waals surface area (Å²) in [5.41, 5.74) is 1.22. The Hall–Kier alpha value is -2.39. The van der Waals surface area contributed by atoms with Gasteiger partial charge in [0.1, 0.15) is 0 Å². The van der Waals surface area contributed by atoms with Crippen LogP contribution < -0.4 is 4.90 Å². The fourth-order valence-electron chi connectivity index (χ4n) is 1.69. The first kappa shape index (κ1) is 14.0. The van der Waals surface area contributed by atoms with Crippen LogP contribution in [-0.2, 0) is 4.74 Å². The van der Waals surface area contributed by atoms with Crippen molar-refractivity contribution in [2.45, 2.75) is 6.42 Å². The maximum absolute atomic E-state index is 11.5. The number of esters is 1. The smallest absolute Gasteiger partial charge is 0.357 e. The minimum absolute atomic E-state index is 0.283. The number of nitrogens with zero attached hydrogens (tertiary/aromatic N) is 3. The Kier molecular flexibility index (Phi) is 4.69. The van der Waals surface area contributed by atoms with Gasteiger partial charge in [-0.15, -0.1) is 11.3 Å². The van der Waals surface area contributed by atoms with Crippen LogP contribution in [0.25, 0.3) is 0 Å². The van der Waals surface area contributed by atoms with Crippen molar-refractivity contribution in [1.82, 2.24) is 4.98 Å². The zero-order valence-corrected chi connectivity index (χ0v) is 11.8. The van der Waals surface area contributed by atoms with Crippen molar-refractivity contribution in [1.29, 1.82) is 5.26 Å². The van der Waals surface area contributed by atoms with Gasteiger partial charge in [0.2, 0.25) is 0 Å². The van der Waals surface area contributed by atoms with E-state index in [-0.39, 0.29) is 5.69 Å². The number of rotatable bonds is 5. The molecule has 0 saturated carbocycles. The number of para-hydroxylation sites is 1. The second-order valence-corrected chi connectivity index (χ2v) is 4.74. The Labute approximate surface area is 121 Å². The summed E-state index contributed by atoms with van der Waals surface area (Å²) in [6.45, 7) is 0.522. The van der Waals surface area contributed by atoms with Gasteiger partial charge in [-0.2, -0.15) is 5.26 Å². The van der Waals surface area contributed by atoms with E-state index < -0.39 is 5.97 Å². The maximum Gasteiger partial charge on any atom is 0.357 e. The second-order valence-electron chi connectivity index (χ2n) is 3.90. The molecule has 20 heavy (non-hydrogen) atoms. The highest BCUT2D eigenvalue weighted by molar-refractivity contribution is 7.14. The molecule has 0 saturated heterocycles. The summed E-state index contributed by atoms with van der Waals surface area (Å²) in [6, 6.07) is 11.8. The molecule has 1 aromatic heterocycles. The second kappa shape index (κ2) is 6.68. The molecule has 0 N–H and O–H groups in total. The van der Waals surface area contributed by atoms with Crippen molar-refractivity contribution >= 4 is 28.1 Å². The highest BCUT2D eigenvalue weighted by atomic mass is 32.1. The van der Waals surface area contributed by atoms with Crippen molar-refractivity contribution in [3.8, 4) is 6.07 Å². The molecular weight excluding hydrogens is 274 g/mol. The molecule has 6 heteroatoms. The molecule has 5 nitrogen and oxygen atoms in total. The van der Waals surface area contributed by atoms with Crippen LogP contribution in [0.3, 0.4) is 0 Å². The molecule has 0 atom stereocenters. The third-order valence-corrected chi connectivity index (χ3v) is 3.50. The number of anilines is 2. The van der Waals surface area contributed by atoms with Gasteiger partial charge in [-0.3, -0.25) is 0 Å². The molecule has 0 radical (unpaired) electrons. The normalized spacial score (nSPS) is 9.80. The standard InChI is InChI=1S/C14H13N3O2S/c1-19-13(18)12-10-20-14(16-12)17(9-5-8-15)11-6-3-2-4-7-11/h2-4,6-7,10H,5,9H2,1H3. The molecule has 0 fully saturated rings. The zero-order chi connectivity index (χ0) is 14.4. The quantitative estimate of drug-likeness (QED) is 0.791. The number of carbonyl (C=O) groups excluding carboxylic acids is 1. The van der Waals surface area contributed by atoms with E-state index in [0.717, 1.165) is 5.69 Å². The molecule has 0 aliphatic heterocycles. The van der Waals surface area contributed by atoms with Gasteiger partial charge in [-0.05, 0) is 12.1 Å². The monoisotopic (exact) mass is 287 g/mol. The summed E-state index contributed by atoms with van der Waals surface area (Å²) in [5.74, 6) is -0.458. The fraction of sp³-hybridized carbons (Fsp3) is 0.214. The van der Waals surface area contributed by atoms with Gasteiger partial charge in [0, 0.05) is 17.6 Å². The first-order valence-corrected chi connectivity index (χ1v) is 6.87. The molecule has 0 unspecified atom stereocenters. The Balaban J connectivity index is 2.30. The van der Waals surface area contributed by atoms with Gasteiger partial charge in [-0.25, -0.2) is 9.78 Å². The lowest BCUT2D eigenvalue weighted by molar-refractivity contribution is 0.0595. The number of carbonyl (C=O) groups is 1. The number of aromatic nitrogens is 1. The molecule has 0 bridgehead atoms. The molecule has 1 aromatic carbocycles. The highest BCUT2D eigenvalue weighted by Crippen LogP contribution is 2.28. The summed E-state index contributed by atoms with van der Waals surface area (Å²) in [7, 11) is 1.33. The SMILES string of the molecule is COC(=O)c1csc(N(CCC#N)c2ccccc2)n1. The lowest BCUT2D eigenvalue weighted by Crippen LogP contribution is -2.18. The van der Waals surface area contributed by atoms with E-state index in [0.29, 0.717) is 18.1 Å². The van der Waals surface area contributed by atoms with E-state index >= 15 is 0 Å². The number of ether oxygens (including phenoxy) is 1. The maximum atomic E-state index is 11.5. The van der Waals surface area contributed by atoms with Crippen LogP contribution in [0.15, 0.2) is 35.7 Å². The average molecular weight is 287 g/mol. The Morgan fingerprint density at radius 3 is 2.85 bits per heavy atom. The molecule has 102 valence electrons. The van der Waals surface area contributed by atoms with Crippen LogP contribution in [0.5, 0.6) is 0 Å². The topological polar surface area (TPSA) is 66.2 Å². The third-order valence-electron chi connectivity index (χ3n) is 2.63. The first-order valence-electron chi connectivity index (χ1n) is 5.99. The molecule has 2 aromatic rings. The van der Waals surface area contributed by atoms with Crippen LogP contribution in [0.1, 0.15) is 16.9 Å². The van der Waals surface area contributed by atoms with Crippen molar-refractivity contribution in [3.05, 3.63) is 41.4 Å². The molecule has 0 amide bonds. The third kappa shape index (κ3) is 3.13. The van der Waals surface area contributed by atoms with Crippen LogP contribution in [0.2, 0.25) is 0 Å². The highest BCUT2D eigenvalue weighted by Gasteiger charge is 2.16. The zero-order valence-electron chi connectivity index (χ0n) is 10.9. The van der Waals surface area contributed by atoms with E-state index in [9.17, 15) is 4.79 Å². The van der Waals surface area contributed by atoms with Crippen LogP contribution in [0, 0.1) is 11.3 Å². The summed E-state index contributed by atoms with van der Waals surface area (Å²) in [6.07, 6.45) is 0.377. The lowest BCUT2D eigenvalue weighted by atomic mass is 10.3. The molecule has 0 aliphatic rings. The van der Waals surface area contributed by atoms with Crippen molar-refractivity contribution in [2.24, 2.45) is 0 Å². The fourth-order valence-corrected chi connectivity index (χ4v) is 2.53. The van der Waals surface area contributed by atoms with Gasteiger partial charge in [0.25, 0.3) is 0 Å². The summed E-state index contributed by atoms with van der Waals surface area (Å²) >= 11 is 1.35. The van der Waals surface area contributed by atoms with Crippen molar-refractivity contribution in [2.75, 3.05) is 18.6 Å². The predicted octanol–water partition coefficient (Wildman–Crippen LogP) is 2.98.